The third-order valence-electron chi connectivity index (χ3n) is 4.07. The molecule has 1 aliphatic heterocycles. The van der Waals surface area contributed by atoms with Crippen LogP contribution in [0.1, 0.15) is 11.3 Å². The molecule has 0 saturated carbocycles. The number of fused-ring (bicyclic) bond motifs is 1. The van der Waals surface area contributed by atoms with Crippen LogP contribution in [0.5, 0.6) is 0 Å². The molecule has 1 unspecified atom stereocenters. The number of aliphatic imine (C=N–C) groups is 1. The molecule has 3 N–H and O–H groups in total. The number of benzene rings is 2. The lowest BCUT2D eigenvalue weighted by atomic mass is 10.0. The molecule has 2 aromatic carbocycles. The van der Waals surface area contributed by atoms with Crippen molar-refractivity contribution >= 4 is 17.3 Å². The molecular weight excluding hydrogens is 290 g/mol. The highest BCUT2D eigenvalue weighted by Crippen LogP contribution is 2.30. The Bertz CT molecular complexity index is 858. The largest absolute Gasteiger partial charge is 0.394 e. The number of hydroxylamine groups is 1. The maximum atomic E-state index is 5.95. The number of hydrogen-bond acceptors (Lipinski definition) is 5. The van der Waals surface area contributed by atoms with Crippen LogP contribution < -0.4 is 11.2 Å². The Balaban J connectivity index is 1.85. The maximum Gasteiger partial charge on any atom is 0.202 e. The lowest BCUT2D eigenvalue weighted by Crippen LogP contribution is -2.43. The number of hydrogen-bond donors (Lipinski definition) is 2. The zero-order valence-corrected chi connectivity index (χ0v) is 12.5. The van der Waals surface area contributed by atoms with Gasteiger partial charge in [-0.05, 0) is 11.6 Å². The Morgan fingerprint density at radius 2 is 1.87 bits per heavy atom. The molecule has 2 heterocycles. The second-order valence-corrected chi connectivity index (χ2v) is 5.53. The zero-order chi connectivity index (χ0) is 15.7. The number of nitrogens with two attached hydrogens (primary N) is 1. The van der Waals surface area contributed by atoms with Gasteiger partial charge < -0.3 is 10.6 Å². The average Bonchev–Trinajstić information content (AvgIpc) is 3.22. The van der Waals surface area contributed by atoms with E-state index in [0.717, 1.165) is 16.6 Å². The van der Waals surface area contributed by atoms with Crippen molar-refractivity contribution in [3.05, 3.63) is 65.9 Å². The third-order valence-corrected chi connectivity index (χ3v) is 4.07. The molecule has 4 rings (SSSR count). The van der Waals surface area contributed by atoms with Crippen LogP contribution in [0.3, 0.4) is 0 Å². The van der Waals surface area contributed by atoms with Crippen LogP contribution in [-0.4, -0.2) is 22.7 Å². The van der Waals surface area contributed by atoms with E-state index in [9.17, 15) is 0 Å². The van der Waals surface area contributed by atoms with Crippen molar-refractivity contribution in [1.82, 2.24) is 15.3 Å². The molecule has 0 aliphatic carbocycles. The van der Waals surface area contributed by atoms with Gasteiger partial charge in [-0.3, -0.25) is 4.68 Å². The van der Waals surface area contributed by atoms with Gasteiger partial charge in [0.25, 0.3) is 0 Å². The monoisotopic (exact) mass is 307 g/mol. The van der Waals surface area contributed by atoms with Gasteiger partial charge in [0.2, 0.25) is 5.66 Å². The SMILES string of the molecule is NCC1(c2nn(Cc3ccccc3)c3ccccc23)N=CON1. The Kier molecular flexibility index (Phi) is 3.33. The standard InChI is InChI=1S/C17H17N5O/c18-11-17(19-12-23-21-17)16-14-8-4-5-9-15(14)22(20-16)10-13-6-2-1-3-7-13/h1-9,12,21H,10-11,18H2. The smallest absolute Gasteiger partial charge is 0.202 e. The van der Waals surface area contributed by atoms with Crippen LogP contribution in [0.25, 0.3) is 10.9 Å². The first-order valence-corrected chi connectivity index (χ1v) is 7.49. The van der Waals surface area contributed by atoms with Crippen molar-refractivity contribution in [3.8, 4) is 0 Å². The van der Waals surface area contributed by atoms with Crippen LogP contribution in [0.15, 0.2) is 59.6 Å². The highest BCUT2D eigenvalue weighted by molar-refractivity contribution is 5.83. The van der Waals surface area contributed by atoms with Crippen LogP contribution >= 0.6 is 0 Å². The molecule has 0 radical (unpaired) electrons. The average molecular weight is 307 g/mol. The number of nitrogens with zero attached hydrogens (tertiary/aromatic N) is 3. The summed E-state index contributed by atoms with van der Waals surface area (Å²) in [5, 5.41) is 5.81. The molecule has 6 heteroatoms. The number of nitrogens with one attached hydrogen (secondary N) is 1. The Hall–Kier alpha value is -2.70. The maximum absolute atomic E-state index is 5.95. The minimum absolute atomic E-state index is 0.260. The minimum Gasteiger partial charge on any atom is -0.394 e. The summed E-state index contributed by atoms with van der Waals surface area (Å²) < 4.78 is 1.98. The van der Waals surface area contributed by atoms with Crippen molar-refractivity contribution in [2.45, 2.75) is 12.2 Å². The van der Waals surface area contributed by atoms with Crippen LogP contribution in [-0.2, 0) is 17.0 Å². The van der Waals surface area contributed by atoms with Gasteiger partial charge >= 0.3 is 0 Å². The van der Waals surface area contributed by atoms with E-state index in [0.29, 0.717) is 6.54 Å². The van der Waals surface area contributed by atoms with Gasteiger partial charge in [0.1, 0.15) is 5.69 Å². The van der Waals surface area contributed by atoms with E-state index < -0.39 is 5.66 Å². The fourth-order valence-electron chi connectivity index (χ4n) is 2.88. The predicted octanol–water partition coefficient (Wildman–Crippen LogP) is 1.76. The van der Waals surface area contributed by atoms with E-state index in [-0.39, 0.29) is 6.54 Å². The molecule has 0 spiro atoms. The van der Waals surface area contributed by atoms with Gasteiger partial charge in [0.05, 0.1) is 12.1 Å². The lowest BCUT2D eigenvalue weighted by Gasteiger charge is -2.20. The summed E-state index contributed by atoms with van der Waals surface area (Å²) in [5.41, 5.74) is 11.0. The summed E-state index contributed by atoms with van der Waals surface area (Å²) in [7, 11) is 0. The van der Waals surface area contributed by atoms with Gasteiger partial charge in [0, 0.05) is 11.9 Å². The molecule has 0 fully saturated rings. The zero-order valence-electron chi connectivity index (χ0n) is 12.5. The minimum atomic E-state index is -0.832. The first-order valence-electron chi connectivity index (χ1n) is 7.49. The molecule has 1 atom stereocenters. The summed E-state index contributed by atoms with van der Waals surface area (Å²) in [6.07, 6.45) is 1.37. The van der Waals surface area contributed by atoms with Gasteiger partial charge in [-0.15, -0.1) is 5.48 Å². The molecule has 0 amide bonds. The van der Waals surface area contributed by atoms with Gasteiger partial charge in [-0.2, -0.15) is 5.10 Å². The van der Waals surface area contributed by atoms with Crippen molar-refractivity contribution in [2.24, 2.45) is 10.7 Å². The van der Waals surface area contributed by atoms with E-state index in [2.05, 4.69) is 28.7 Å². The highest BCUT2D eigenvalue weighted by atomic mass is 16.7. The van der Waals surface area contributed by atoms with Crippen molar-refractivity contribution in [3.63, 3.8) is 0 Å². The third kappa shape index (κ3) is 2.28. The van der Waals surface area contributed by atoms with E-state index in [1.165, 1.54) is 12.0 Å². The Labute approximate surface area is 133 Å². The van der Waals surface area contributed by atoms with Crippen molar-refractivity contribution in [2.75, 3.05) is 6.54 Å². The Morgan fingerprint density at radius 1 is 1.09 bits per heavy atom. The van der Waals surface area contributed by atoms with E-state index >= 15 is 0 Å². The first-order chi connectivity index (χ1) is 11.3. The van der Waals surface area contributed by atoms with Crippen LogP contribution in [0.2, 0.25) is 0 Å². The summed E-state index contributed by atoms with van der Waals surface area (Å²) in [6, 6.07) is 18.3. The van der Waals surface area contributed by atoms with Crippen LogP contribution in [0.4, 0.5) is 0 Å². The molecule has 0 bridgehead atoms. The molecule has 1 aromatic heterocycles. The summed E-state index contributed by atoms with van der Waals surface area (Å²) in [6.45, 7) is 0.947. The van der Waals surface area contributed by atoms with Gasteiger partial charge in [0.15, 0.2) is 6.40 Å². The molecule has 0 saturated heterocycles. The topological polar surface area (TPSA) is 77.5 Å². The molecule has 3 aromatic rings. The molecule has 116 valence electrons. The van der Waals surface area contributed by atoms with Crippen molar-refractivity contribution < 1.29 is 4.84 Å². The predicted molar refractivity (Wildman–Crippen MR) is 88.7 cm³/mol. The highest BCUT2D eigenvalue weighted by Gasteiger charge is 2.38. The normalized spacial score (nSPS) is 20.0. The fraction of sp³-hybridized carbons (Fsp3) is 0.176. The van der Waals surface area contributed by atoms with E-state index in [1.807, 2.05) is 41.1 Å². The molecule has 6 nitrogen and oxygen atoms in total. The van der Waals surface area contributed by atoms with Gasteiger partial charge in [-0.1, -0.05) is 48.5 Å². The number of aromatic nitrogens is 2. The van der Waals surface area contributed by atoms with Gasteiger partial charge in [-0.25, -0.2) is 4.99 Å². The second-order valence-electron chi connectivity index (χ2n) is 5.53. The first kappa shape index (κ1) is 13.9. The van der Waals surface area contributed by atoms with Crippen LogP contribution in [0, 0.1) is 0 Å². The summed E-state index contributed by atoms with van der Waals surface area (Å²) in [5.74, 6) is 0. The molecule has 23 heavy (non-hydrogen) atoms. The quantitative estimate of drug-likeness (QED) is 0.770. The molecular formula is C17H17N5O. The number of rotatable bonds is 4. The van der Waals surface area contributed by atoms with Crippen molar-refractivity contribution in [1.29, 1.82) is 0 Å². The molecule has 1 aliphatic rings. The second kappa shape index (κ2) is 5.49. The summed E-state index contributed by atoms with van der Waals surface area (Å²) in [4.78, 5) is 9.48. The lowest BCUT2D eigenvalue weighted by molar-refractivity contribution is 0.125. The fourth-order valence-corrected chi connectivity index (χ4v) is 2.88. The van der Waals surface area contributed by atoms with E-state index in [1.54, 1.807) is 0 Å². The van der Waals surface area contributed by atoms with E-state index in [4.69, 9.17) is 15.7 Å². The number of para-hydroxylation sites is 1. The Morgan fingerprint density at radius 3 is 2.61 bits per heavy atom. The summed E-state index contributed by atoms with van der Waals surface area (Å²) >= 11 is 0.